The minimum absolute atomic E-state index is 0.0762. The monoisotopic (exact) mass is 369 g/mol. The molecule has 3 rings (SSSR count). The van der Waals surface area contributed by atoms with Gasteiger partial charge in [0.15, 0.2) is 5.78 Å². The number of benzene rings is 2. The molecule has 0 unspecified atom stereocenters. The van der Waals surface area contributed by atoms with Crippen molar-refractivity contribution < 1.29 is 17.6 Å². The fraction of sp³-hybridized carbons (Fsp3) is 0.150. The van der Waals surface area contributed by atoms with Crippen molar-refractivity contribution in [3.8, 4) is 0 Å². The number of furan rings is 1. The predicted molar refractivity (Wildman–Crippen MR) is 99.7 cm³/mol. The molecule has 0 saturated heterocycles. The number of anilines is 1. The zero-order valence-electron chi connectivity index (χ0n) is 14.5. The molecule has 6 heteroatoms. The van der Waals surface area contributed by atoms with E-state index in [1.165, 1.54) is 41.8 Å². The maximum atomic E-state index is 13.2. The molecule has 0 amide bonds. The first-order chi connectivity index (χ1) is 12.4. The van der Waals surface area contributed by atoms with Crippen LogP contribution in [0.5, 0.6) is 0 Å². The molecule has 26 heavy (non-hydrogen) atoms. The Hall–Kier alpha value is -2.86. The average molecular weight is 369 g/mol. The second-order valence-corrected chi connectivity index (χ2v) is 7.87. The lowest BCUT2D eigenvalue weighted by molar-refractivity contribution is 0.101. The molecule has 0 radical (unpaired) electrons. The van der Waals surface area contributed by atoms with Gasteiger partial charge >= 0.3 is 0 Å². The Bertz CT molecular complexity index is 989. The van der Waals surface area contributed by atoms with Gasteiger partial charge in [-0.15, -0.1) is 0 Å². The van der Waals surface area contributed by atoms with E-state index in [2.05, 4.69) is 0 Å². The third-order valence-electron chi connectivity index (χ3n) is 4.05. The number of carbonyl (C=O) groups excluding carboxylic acids is 1. The Morgan fingerprint density at radius 1 is 1.00 bits per heavy atom. The summed E-state index contributed by atoms with van der Waals surface area (Å²) in [6.07, 6.45) is 1.51. The van der Waals surface area contributed by atoms with Gasteiger partial charge in [0.2, 0.25) is 0 Å². The maximum absolute atomic E-state index is 13.2. The molecule has 0 atom stereocenters. The first-order valence-corrected chi connectivity index (χ1v) is 9.55. The van der Waals surface area contributed by atoms with Crippen molar-refractivity contribution in [2.75, 3.05) is 4.31 Å². The Morgan fingerprint density at radius 2 is 1.65 bits per heavy atom. The summed E-state index contributed by atoms with van der Waals surface area (Å²) in [5.74, 6) is 0.425. The van der Waals surface area contributed by atoms with E-state index in [1.54, 1.807) is 24.3 Å². The first kappa shape index (κ1) is 17.9. The van der Waals surface area contributed by atoms with E-state index < -0.39 is 10.0 Å². The normalized spacial score (nSPS) is 11.3. The van der Waals surface area contributed by atoms with Crippen molar-refractivity contribution in [3.05, 3.63) is 83.8 Å². The number of nitrogens with zero attached hydrogens (tertiary/aromatic N) is 1. The lowest BCUT2D eigenvalue weighted by Crippen LogP contribution is -2.30. The van der Waals surface area contributed by atoms with Crippen molar-refractivity contribution in [1.82, 2.24) is 0 Å². The zero-order valence-corrected chi connectivity index (χ0v) is 15.4. The molecule has 0 fully saturated rings. The van der Waals surface area contributed by atoms with Gasteiger partial charge in [-0.25, -0.2) is 8.42 Å². The van der Waals surface area contributed by atoms with E-state index in [-0.39, 0.29) is 17.2 Å². The van der Waals surface area contributed by atoms with E-state index >= 15 is 0 Å². The first-order valence-electron chi connectivity index (χ1n) is 8.11. The highest BCUT2D eigenvalue weighted by atomic mass is 32.2. The van der Waals surface area contributed by atoms with E-state index in [9.17, 15) is 13.2 Å². The summed E-state index contributed by atoms with van der Waals surface area (Å²) >= 11 is 0. The Balaban J connectivity index is 2.03. The maximum Gasteiger partial charge on any atom is 0.264 e. The standard InChI is InChI=1S/C20H19NO4S/c1-15-5-9-18(10-6-15)21(14-19-4-3-13-25-19)26(23,24)20-11-7-17(8-12-20)16(2)22/h3-13H,14H2,1-2H3. The van der Waals surface area contributed by atoms with Crippen molar-refractivity contribution in [2.24, 2.45) is 0 Å². The Morgan fingerprint density at radius 3 is 2.19 bits per heavy atom. The molecule has 0 aliphatic rings. The fourth-order valence-electron chi connectivity index (χ4n) is 2.56. The molecule has 134 valence electrons. The lowest BCUT2D eigenvalue weighted by Gasteiger charge is -2.24. The SMILES string of the molecule is CC(=O)c1ccc(S(=O)(=O)N(Cc2ccco2)c2ccc(C)cc2)cc1. The summed E-state index contributed by atoms with van der Waals surface area (Å²) in [7, 11) is -3.82. The second kappa shape index (κ2) is 7.17. The van der Waals surface area contributed by atoms with Crippen LogP contribution in [-0.4, -0.2) is 14.2 Å². The van der Waals surface area contributed by atoms with Crippen LogP contribution in [0.4, 0.5) is 5.69 Å². The number of rotatable bonds is 6. The quantitative estimate of drug-likeness (QED) is 0.611. The van der Waals surface area contributed by atoms with E-state index in [4.69, 9.17) is 4.42 Å². The second-order valence-electron chi connectivity index (χ2n) is 6.01. The summed E-state index contributed by atoms with van der Waals surface area (Å²) in [5.41, 5.74) is 2.05. The Labute approximate surface area is 152 Å². The van der Waals surface area contributed by atoms with Crippen molar-refractivity contribution in [1.29, 1.82) is 0 Å². The zero-order chi connectivity index (χ0) is 18.7. The van der Waals surface area contributed by atoms with Crippen molar-refractivity contribution in [3.63, 3.8) is 0 Å². The van der Waals surface area contributed by atoms with Gasteiger partial charge < -0.3 is 4.42 Å². The molecule has 0 aliphatic heterocycles. The van der Waals surface area contributed by atoms with Crippen LogP contribution in [0.25, 0.3) is 0 Å². The highest BCUT2D eigenvalue weighted by molar-refractivity contribution is 7.92. The number of carbonyl (C=O) groups is 1. The van der Waals surface area contributed by atoms with Crippen LogP contribution in [-0.2, 0) is 16.6 Å². The van der Waals surface area contributed by atoms with Gasteiger partial charge in [-0.3, -0.25) is 9.10 Å². The van der Waals surface area contributed by atoms with Crippen LogP contribution >= 0.6 is 0 Å². The van der Waals surface area contributed by atoms with Crippen molar-refractivity contribution >= 4 is 21.5 Å². The molecule has 0 bridgehead atoms. The van der Waals surface area contributed by atoms with Crippen LogP contribution in [0.15, 0.2) is 76.2 Å². The molecule has 1 heterocycles. The Kier molecular flexibility index (Phi) is 4.95. The summed E-state index contributed by atoms with van der Waals surface area (Å²) in [6.45, 7) is 3.46. The van der Waals surface area contributed by atoms with Gasteiger partial charge in [0.25, 0.3) is 10.0 Å². The van der Waals surface area contributed by atoms with Gasteiger partial charge in [-0.1, -0.05) is 29.8 Å². The number of aryl methyl sites for hydroxylation is 1. The number of Topliss-reactive ketones (excluding diaryl/α,β-unsaturated/α-hetero) is 1. The molecule has 0 saturated carbocycles. The third-order valence-corrected chi connectivity index (χ3v) is 5.84. The minimum atomic E-state index is -3.82. The lowest BCUT2D eigenvalue weighted by atomic mass is 10.2. The average Bonchev–Trinajstić information content (AvgIpc) is 3.14. The fourth-order valence-corrected chi connectivity index (χ4v) is 3.99. The van der Waals surface area contributed by atoms with Gasteiger partial charge in [0, 0.05) is 5.56 Å². The van der Waals surface area contributed by atoms with Gasteiger partial charge in [-0.2, -0.15) is 0 Å². The smallest absolute Gasteiger partial charge is 0.264 e. The van der Waals surface area contributed by atoms with Crippen LogP contribution in [0, 0.1) is 6.92 Å². The van der Waals surface area contributed by atoms with Crippen LogP contribution in [0.1, 0.15) is 28.6 Å². The third kappa shape index (κ3) is 3.70. The molecule has 3 aromatic rings. The topological polar surface area (TPSA) is 67.6 Å². The molecular formula is C20H19NO4S. The van der Waals surface area contributed by atoms with Crippen LogP contribution in [0.3, 0.4) is 0 Å². The van der Waals surface area contributed by atoms with Crippen LogP contribution < -0.4 is 4.31 Å². The summed E-state index contributed by atoms with van der Waals surface area (Å²) < 4.78 is 33.1. The molecule has 0 N–H and O–H groups in total. The number of sulfonamides is 1. The highest BCUT2D eigenvalue weighted by Crippen LogP contribution is 2.26. The molecule has 1 aromatic heterocycles. The van der Waals surface area contributed by atoms with E-state index in [0.29, 0.717) is 17.0 Å². The minimum Gasteiger partial charge on any atom is -0.467 e. The van der Waals surface area contributed by atoms with Gasteiger partial charge in [0.05, 0.1) is 23.4 Å². The van der Waals surface area contributed by atoms with E-state index in [1.807, 2.05) is 19.1 Å². The highest BCUT2D eigenvalue weighted by Gasteiger charge is 2.26. The van der Waals surface area contributed by atoms with Gasteiger partial charge in [-0.05, 0) is 50.2 Å². The number of hydrogen-bond donors (Lipinski definition) is 0. The molecule has 2 aromatic carbocycles. The molecule has 0 spiro atoms. The molecule has 0 aliphatic carbocycles. The summed E-state index contributed by atoms with van der Waals surface area (Å²) in [6, 6.07) is 16.7. The van der Waals surface area contributed by atoms with Crippen LogP contribution in [0.2, 0.25) is 0 Å². The number of ketones is 1. The van der Waals surface area contributed by atoms with Gasteiger partial charge in [0.1, 0.15) is 5.76 Å². The van der Waals surface area contributed by atoms with Crippen molar-refractivity contribution in [2.45, 2.75) is 25.3 Å². The summed E-state index contributed by atoms with van der Waals surface area (Å²) in [5, 5.41) is 0. The molecule has 5 nitrogen and oxygen atoms in total. The van der Waals surface area contributed by atoms with E-state index in [0.717, 1.165) is 5.56 Å². The molecular weight excluding hydrogens is 350 g/mol. The number of hydrogen-bond acceptors (Lipinski definition) is 4. The summed E-state index contributed by atoms with van der Waals surface area (Å²) in [4.78, 5) is 11.6. The largest absolute Gasteiger partial charge is 0.467 e. The predicted octanol–water partition coefficient (Wildman–Crippen LogP) is 4.19.